The van der Waals surface area contributed by atoms with Crippen LogP contribution >= 0.6 is 0 Å². The maximum atomic E-state index is 12.5. The number of aliphatic hydroxyl groups excluding tert-OH is 1. The lowest BCUT2D eigenvalue weighted by molar-refractivity contribution is 0.0626. The number of carbonyl (C=O) groups excluding carboxylic acids is 2. The summed E-state index contributed by atoms with van der Waals surface area (Å²) in [6.45, 7) is 2.15. The third-order valence-electron chi connectivity index (χ3n) is 4.79. The molecule has 0 unspecified atom stereocenters. The second-order valence-corrected chi connectivity index (χ2v) is 7.07. The predicted octanol–water partition coefficient (Wildman–Crippen LogP) is 3.61. The fraction of sp³-hybridized carbons (Fsp3) is 0.167. The van der Waals surface area contributed by atoms with Gasteiger partial charge in [-0.3, -0.25) is 9.59 Å². The Labute approximate surface area is 174 Å². The van der Waals surface area contributed by atoms with Crippen LogP contribution in [-0.2, 0) is 0 Å². The van der Waals surface area contributed by atoms with Crippen LogP contribution in [0.25, 0.3) is 0 Å². The third-order valence-corrected chi connectivity index (χ3v) is 4.79. The molecule has 1 heterocycles. The van der Waals surface area contributed by atoms with Gasteiger partial charge in [-0.1, -0.05) is 29.8 Å². The van der Waals surface area contributed by atoms with Crippen molar-refractivity contribution in [3.8, 4) is 11.5 Å². The summed E-state index contributed by atoms with van der Waals surface area (Å²) in [5, 5.41) is 10.1. The second-order valence-electron chi connectivity index (χ2n) is 7.07. The summed E-state index contributed by atoms with van der Waals surface area (Å²) in [6, 6.07) is 20.9. The Bertz CT molecular complexity index is 1020. The zero-order chi connectivity index (χ0) is 21.1. The van der Waals surface area contributed by atoms with Gasteiger partial charge in [-0.05, 0) is 55.5 Å². The summed E-state index contributed by atoms with van der Waals surface area (Å²) in [6.07, 6.45) is -0.804. The van der Waals surface area contributed by atoms with Gasteiger partial charge in [-0.25, -0.2) is 4.90 Å². The molecule has 0 spiro atoms. The lowest BCUT2D eigenvalue weighted by Crippen LogP contribution is -2.29. The van der Waals surface area contributed by atoms with Crippen LogP contribution in [0.15, 0.2) is 72.8 Å². The number of benzene rings is 3. The largest absolute Gasteiger partial charge is 0.491 e. The number of aliphatic hydroxyl groups is 1. The van der Waals surface area contributed by atoms with Crippen molar-refractivity contribution < 1.29 is 24.2 Å². The molecule has 0 saturated carbocycles. The quantitative estimate of drug-likeness (QED) is 0.610. The molecule has 0 fully saturated rings. The molecule has 2 amide bonds. The molecule has 0 aromatic heterocycles. The van der Waals surface area contributed by atoms with Crippen LogP contribution in [0.3, 0.4) is 0 Å². The molecule has 6 heteroatoms. The van der Waals surface area contributed by atoms with E-state index >= 15 is 0 Å². The number of imide groups is 1. The Morgan fingerprint density at radius 3 is 1.73 bits per heavy atom. The van der Waals surface area contributed by atoms with Gasteiger partial charge in [0, 0.05) is 0 Å². The number of rotatable bonds is 7. The highest BCUT2D eigenvalue weighted by Gasteiger charge is 2.36. The van der Waals surface area contributed by atoms with Gasteiger partial charge in [0.1, 0.15) is 30.8 Å². The van der Waals surface area contributed by atoms with Gasteiger partial charge < -0.3 is 14.6 Å². The lowest BCUT2D eigenvalue weighted by Gasteiger charge is -2.16. The van der Waals surface area contributed by atoms with Crippen LogP contribution in [0.5, 0.6) is 11.5 Å². The fourth-order valence-electron chi connectivity index (χ4n) is 3.18. The predicted molar refractivity (Wildman–Crippen MR) is 112 cm³/mol. The van der Waals surface area contributed by atoms with Gasteiger partial charge in [-0.15, -0.1) is 0 Å². The molecule has 4 rings (SSSR count). The van der Waals surface area contributed by atoms with E-state index in [1.807, 2.05) is 31.2 Å². The monoisotopic (exact) mass is 403 g/mol. The van der Waals surface area contributed by atoms with Crippen molar-refractivity contribution in [1.29, 1.82) is 0 Å². The van der Waals surface area contributed by atoms with E-state index in [4.69, 9.17) is 9.47 Å². The molecule has 6 nitrogen and oxygen atoms in total. The van der Waals surface area contributed by atoms with Crippen molar-refractivity contribution in [2.45, 2.75) is 13.0 Å². The van der Waals surface area contributed by atoms with Gasteiger partial charge in [0.15, 0.2) is 0 Å². The van der Waals surface area contributed by atoms with Gasteiger partial charge in [0.05, 0.1) is 16.8 Å². The van der Waals surface area contributed by atoms with Gasteiger partial charge in [0.25, 0.3) is 11.8 Å². The SMILES string of the molecule is Cc1ccc(OC[C@H](O)COc2ccc(N3C(=O)c4ccccc4C3=O)cc2)cc1. The number of hydrogen-bond acceptors (Lipinski definition) is 5. The van der Waals surface area contributed by atoms with Crippen molar-refractivity contribution in [1.82, 2.24) is 0 Å². The summed E-state index contributed by atoms with van der Waals surface area (Å²) in [4.78, 5) is 26.2. The number of carbonyl (C=O) groups is 2. The molecule has 0 aliphatic carbocycles. The Balaban J connectivity index is 1.32. The molecule has 1 N–H and O–H groups in total. The topological polar surface area (TPSA) is 76.1 Å². The van der Waals surface area contributed by atoms with Crippen LogP contribution in [0.4, 0.5) is 5.69 Å². The summed E-state index contributed by atoms with van der Waals surface area (Å²) < 4.78 is 11.1. The first-order valence-electron chi connectivity index (χ1n) is 9.61. The van der Waals surface area contributed by atoms with Crippen LogP contribution < -0.4 is 14.4 Å². The molecule has 30 heavy (non-hydrogen) atoms. The van der Waals surface area contributed by atoms with Crippen molar-refractivity contribution in [2.24, 2.45) is 0 Å². The molecule has 152 valence electrons. The molecule has 3 aromatic rings. The highest BCUT2D eigenvalue weighted by atomic mass is 16.5. The lowest BCUT2D eigenvalue weighted by atomic mass is 10.1. The Hall–Kier alpha value is -3.64. The summed E-state index contributed by atoms with van der Waals surface area (Å²) in [5.74, 6) is 0.524. The van der Waals surface area contributed by atoms with E-state index in [1.165, 1.54) is 0 Å². The van der Waals surface area contributed by atoms with Crippen LogP contribution in [0, 0.1) is 6.92 Å². The average molecular weight is 403 g/mol. The van der Waals surface area contributed by atoms with Crippen LogP contribution in [0.2, 0.25) is 0 Å². The molecule has 0 radical (unpaired) electrons. The fourth-order valence-corrected chi connectivity index (χ4v) is 3.18. The van der Waals surface area contributed by atoms with Gasteiger partial charge in [-0.2, -0.15) is 0 Å². The molecule has 1 atom stereocenters. The van der Waals surface area contributed by atoms with E-state index in [0.29, 0.717) is 28.3 Å². The minimum absolute atomic E-state index is 0.0538. The number of hydrogen-bond donors (Lipinski definition) is 1. The summed E-state index contributed by atoms with van der Waals surface area (Å²) in [7, 11) is 0. The van der Waals surface area contributed by atoms with Gasteiger partial charge in [0.2, 0.25) is 0 Å². The van der Waals surface area contributed by atoms with E-state index in [-0.39, 0.29) is 25.0 Å². The molecule has 1 aliphatic rings. The second kappa shape index (κ2) is 8.39. The van der Waals surface area contributed by atoms with E-state index in [9.17, 15) is 14.7 Å². The van der Waals surface area contributed by atoms with E-state index in [0.717, 1.165) is 10.5 Å². The highest BCUT2D eigenvalue weighted by Crippen LogP contribution is 2.29. The smallest absolute Gasteiger partial charge is 0.266 e. The zero-order valence-electron chi connectivity index (χ0n) is 16.4. The van der Waals surface area contributed by atoms with Crippen molar-refractivity contribution >= 4 is 17.5 Å². The van der Waals surface area contributed by atoms with Crippen LogP contribution in [0.1, 0.15) is 26.3 Å². The summed E-state index contributed by atoms with van der Waals surface area (Å²) >= 11 is 0. The maximum Gasteiger partial charge on any atom is 0.266 e. The van der Waals surface area contributed by atoms with Crippen LogP contribution in [-0.4, -0.2) is 36.2 Å². The average Bonchev–Trinajstić information content (AvgIpc) is 3.03. The normalized spacial score (nSPS) is 13.9. The zero-order valence-corrected chi connectivity index (χ0v) is 16.4. The van der Waals surface area contributed by atoms with Crippen molar-refractivity contribution in [2.75, 3.05) is 18.1 Å². The first kappa shape index (κ1) is 19.7. The number of aryl methyl sites for hydroxylation is 1. The molecular formula is C24H21NO5. The number of anilines is 1. The summed E-state index contributed by atoms with van der Waals surface area (Å²) in [5.41, 5.74) is 2.41. The number of nitrogens with zero attached hydrogens (tertiary/aromatic N) is 1. The number of ether oxygens (including phenoxy) is 2. The third kappa shape index (κ3) is 4.04. The van der Waals surface area contributed by atoms with E-state index < -0.39 is 6.10 Å². The molecular weight excluding hydrogens is 382 g/mol. The standard InChI is InChI=1S/C24H21NO5/c1-16-6-10-19(11-7-16)29-14-18(26)15-30-20-12-8-17(9-13-20)25-23(27)21-4-2-3-5-22(21)24(25)28/h2-13,18,26H,14-15H2,1H3/t18-/m0/s1. The molecule has 0 bridgehead atoms. The Morgan fingerprint density at radius 2 is 1.23 bits per heavy atom. The van der Waals surface area contributed by atoms with Crippen molar-refractivity contribution in [3.05, 3.63) is 89.5 Å². The number of fused-ring (bicyclic) bond motifs is 1. The van der Waals surface area contributed by atoms with E-state index in [1.54, 1.807) is 48.5 Å². The molecule has 1 aliphatic heterocycles. The first-order valence-corrected chi connectivity index (χ1v) is 9.61. The Kier molecular flexibility index (Phi) is 5.50. The molecule has 3 aromatic carbocycles. The van der Waals surface area contributed by atoms with E-state index in [2.05, 4.69) is 0 Å². The molecule has 0 saturated heterocycles. The number of amides is 2. The van der Waals surface area contributed by atoms with Gasteiger partial charge >= 0.3 is 0 Å². The minimum Gasteiger partial charge on any atom is -0.491 e. The highest BCUT2D eigenvalue weighted by molar-refractivity contribution is 6.34. The van der Waals surface area contributed by atoms with Crippen molar-refractivity contribution in [3.63, 3.8) is 0 Å². The Morgan fingerprint density at radius 1 is 0.767 bits per heavy atom. The first-order chi connectivity index (χ1) is 14.5. The minimum atomic E-state index is -0.804. The maximum absolute atomic E-state index is 12.5.